The molecular formula is C21H16ClFN4O. The summed E-state index contributed by atoms with van der Waals surface area (Å²) in [5.41, 5.74) is 2.96. The van der Waals surface area contributed by atoms with Gasteiger partial charge in [-0.3, -0.25) is 9.20 Å². The molecule has 5 nitrogen and oxygen atoms in total. The van der Waals surface area contributed by atoms with Crippen molar-refractivity contribution in [1.29, 1.82) is 0 Å². The number of rotatable bonds is 5. The van der Waals surface area contributed by atoms with Crippen molar-refractivity contribution in [3.05, 3.63) is 88.8 Å². The maximum Gasteiger partial charge on any atom is 0.252 e. The van der Waals surface area contributed by atoms with Crippen LogP contribution < -0.4 is 5.32 Å². The molecule has 140 valence electrons. The Morgan fingerprint density at radius 1 is 1.00 bits per heavy atom. The number of nitrogens with zero attached hydrogens (tertiary/aromatic N) is 3. The monoisotopic (exact) mass is 394 g/mol. The van der Waals surface area contributed by atoms with E-state index < -0.39 is 0 Å². The Kier molecular flexibility index (Phi) is 5.04. The van der Waals surface area contributed by atoms with Crippen LogP contribution in [0.4, 0.5) is 4.39 Å². The van der Waals surface area contributed by atoms with E-state index in [9.17, 15) is 9.18 Å². The first-order valence-corrected chi connectivity index (χ1v) is 9.11. The van der Waals surface area contributed by atoms with E-state index in [1.807, 2.05) is 12.1 Å². The highest BCUT2D eigenvalue weighted by Crippen LogP contribution is 2.21. The minimum Gasteiger partial charge on any atom is -0.352 e. The van der Waals surface area contributed by atoms with Gasteiger partial charge in [-0.25, -0.2) is 4.39 Å². The van der Waals surface area contributed by atoms with Crippen LogP contribution in [0.5, 0.6) is 0 Å². The van der Waals surface area contributed by atoms with Crippen molar-refractivity contribution in [1.82, 2.24) is 19.9 Å². The molecule has 2 heterocycles. The minimum absolute atomic E-state index is 0.195. The van der Waals surface area contributed by atoms with Gasteiger partial charge in [0.15, 0.2) is 11.5 Å². The third kappa shape index (κ3) is 3.87. The molecule has 0 fully saturated rings. The molecule has 0 spiro atoms. The van der Waals surface area contributed by atoms with Gasteiger partial charge in [0.05, 0.1) is 5.56 Å². The van der Waals surface area contributed by atoms with E-state index in [1.165, 1.54) is 12.1 Å². The summed E-state index contributed by atoms with van der Waals surface area (Å²) in [4.78, 5) is 12.5. The fourth-order valence-corrected chi connectivity index (χ4v) is 3.02. The van der Waals surface area contributed by atoms with Gasteiger partial charge in [-0.05, 0) is 60.5 Å². The van der Waals surface area contributed by atoms with Crippen LogP contribution in [0.25, 0.3) is 17.0 Å². The van der Waals surface area contributed by atoms with E-state index >= 15 is 0 Å². The van der Waals surface area contributed by atoms with Gasteiger partial charge < -0.3 is 5.32 Å². The van der Waals surface area contributed by atoms with Crippen molar-refractivity contribution in [2.45, 2.75) is 6.42 Å². The van der Waals surface area contributed by atoms with Gasteiger partial charge in [-0.1, -0.05) is 23.7 Å². The lowest BCUT2D eigenvalue weighted by atomic mass is 10.1. The summed E-state index contributed by atoms with van der Waals surface area (Å²) in [5.74, 6) is 0.166. The molecule has 7 heteroatoms. The number of carbonyl (C=O) groups excluding carboxylic acids is 1. The zero-order chi connectivity index (χ0) is 19.5. The average Bonchev–Trinajstić information content (AvgIpc) is 3.13. The highest BCUT2D eigenvalue weighted by molar-refractivity contribution is 6.30. The lowest BCUT2D eigenvalue weighted by Gasteiger charge is -2.07. The van der Waals surface area contributed by atoms with Crippen LogP contribution in [-0.4, -0.2) is 27.0 Å². The first-order valence-electron chi connectivity index (χ1n) is 8.73. The fourth-order valence-electron chi connectivity index (χ4n) is 2.89. The van der Waals surface area contributed by atoms with Crippen LogP contribution in [0.15, 0.2) is 66.9 Å². The third-order valence-corrected chi connectivity index (χ3v) is 4.63. The second kappa shape index (κ2) is 7.78. The van der Waals surface area contributed by atoms with Crippen molar-refractivity contribution in [3.63, 3.8) is 0 Å². The second-order valence-electron chi connectivity index (χ2n) is 6.31. The normalized spacial score (nSPS) is 10.9. The molecule has 0 aliphatic heterocycles. The van der Waals surface area contributed by atoms with E-state index in [1.54, 1.807) is 47.0 Å². The number of pyridine rings is 1. The van der Waals surface area contributed by atoms with Crippen molar-refractivity contribution in [2.24, 2.45) is 0 Å². The molecule has 0 radical (unpaired) electrons. The molecule has 4 aromatic rings. The van der Waals surface area contributed by atoms with E-state index in [0.29, 0.717) is 35.0 Å². The predicted octanol–water partition coefficient (Wildman–Crippen LogP) is 4.16. The zero-order valence-corrected chi connectivity index (χ0v) is 15.5. The molecule has 2 aromatic heterocycles. The summed E-state index contributed by atoms with van der Waals surface area (Å²) in [6.45, 7) is 0.453. The van der Waals surface area contributed by atoms with Gasteiger partial charge in [0, 0.05) is 23.3 Å². The van der Waals surface area contributed by atoms with E-state index in [0.717, 1.165) is 11.1 Å². The molecule has 0 saturated heterocycles. The molecule has 1 N–H and O–H groups in total. The Labute approximate surface area is 165 Å². The summed E-state index contributed by atoms with van der Waals surface area (Å²) in [6, 6.07) is 17.0. The molecule has 28 heavy (non-hydrogen) atoms. The number of hydrogen-bond donors (Lipinski definition) is 1. The standard InChI is InChI=1S/C21H16ClFN4O/c22-17-6-3-15(4-7-17)20-26-25-19-10-5-16(13-27(19)20)21(28)24-12-11-14-1-8-18(23)9-2-14/h1-10,13H,11-12H2,(H,24,28). The van der Waals surface area contributed by atoms with Crippen LogP contribution in [0.2, 0.25) is 5.02 Å². The van der Waals surface area contributed by atoms with E-state index in [2.05, 4.69) is 15.5 Å². The molecule has 0 aliphatic carbocycles. The molecule has 4 rings (SSSR count). The second-order valence-corrected chi connectivity index (χ2v) is 6.75. The van der Waals surface area contributed by atoms with Crippen molar-refractivity contribution >= 4 is 23.2 Å². The SMILES string of the molecule is O=C(NCCc1ccc(F)cc1)c1ccc2nnc(-c3ccc(Cl)cc3)n2c1. The number of hydrogen-bond acceptors (Lipinski definition) is 3. The molecule has 0 atom stereocenters. The molecule has 0 aliphatic rings. The topological polar surface area (TPSA) is 59.3 Å². The Morgan fingerprint density at radius 3 is 2.50 bits per heavy atom. The predicted molar refractivity (Wildman–Crippen MR) is 106 cm³/mol. The highest BCUT2D eigenvalue weighted by Gasteiger charge is 2.12. The van der Waals surface area contributed by atoms with Gasteiger partial charge in [0.25, 0.3) is 5.91 Å². The van der Waals surface area contributed by atoms with Gasteiger partial charge in [-0.2, -0.15) is 0 Å². The Bertz CT molecular complexity index is 1120. The summed E-state index contributed by atoms with van der Waals surface area (Å²) < 4.78 is 14.7. The first-order chi connectivity index (χ1) is 13.6. The third-order valence-electron chi connectivity index (χ3n) is 4.38. The van der Waals surface area contributed by atoms with Crippen molar-refractivity contribution in [3.8, 4) is 11.4 Å². The number of benzene rings is 2. The molecule has 1 amide bonds. The maximum absolute atomic E-state index is 12.9. The van der Waals surface area contributed by atoms with Crippen LogP contribution in [0.1, 0.15) is 15.9 Å². The summed E-state index contributed by atoms with van der Waals surface area (Å²) in [6.07, 6.45) is 2.34. The van der Waals surface area contributed by atoms with Gasteiger partial charge in [-0.15, -0.1) is 10.2 Å². The molecular weight excluding hydrogens is 379 g/mol. The van der Waals surface area contributed by atoms with Crippen molar-refractivity contribution in [2.75, 3.05) is 6.54 Å². The smallest absolute Gasteiger partial charge is 0.252 e. The molecule has 2 aromatic carbocycles. The van der Waals surface area contributed by atoms with E-state index in [-0.39, 0.29) is 11.7 Å². The number of fused-ring (bicyclic) bond motifs is 1. The van der Waals surface area contributed by atoms with Gasteiger partial charge in [0.2, 0.25) is 0 Å². The summed E-state index contributed by atoms with van der Waals surface area (Å²) in [5, 5.41) is 11.9. The number of nitrogens with one attached hydrogen (secondary N) is 1. The van der Waals surface area contributed by atoms with Crippen LogP contribution in [0, 0.1) is 5.82 Å². The number of halogens is 2. The van der Waals surface area contributed by atoms with Crippen LogP contribution in [0.3, 0.4) is 0 Å². The van der Waals surface area contributed by atoms with E-state index in [4.69, 9.17) is 11.6 Å². The number of carbonyl (C=O) groups is 1. The molecule has 0 saturated carbocycles. The van der Waals surface area contributed by atoms with Crippen LogP contribution >= 0.6 is 11.6 Å². The van der Waals surface area contributed by atoms with Gasteiger partial charge in [0.1, 0.15) is 5.82 Å². The quantitative estimate of drug-likeness (QED) is 0.553. The minimum atomic E-state index is -0.272. The lowest BCUT2D eigenvalue weighted by Crippen LogP contribution is -2.26. The van der Waals surface area contributed by atoms with Crippen LogP contribution in [-0.2, 0) is 6.42 Å². The Morgan fingerprint density at radius 2 is 1.75 bits per heavy atom. The Hall–Kier alpha value is -3.25. The fraction of sp³-hybridized carbons (Fsp3) is 0.0952. The first kappa shape index (κ1) is 18.1. The molecule has 0 unspecified atom stereocenters. The maximum atomic E-state index is 12.9. The summed E-state index contributed by atoms with van der Waals surface area (Å²) in [7, 11) is 0. The zero-order valence-electron chi connectivity index (χ0n) is 14.8. The largest absolute Gasteiger partial charge is 0.352 e. The van der Waals surface area contributed by atoms with Gasteiger partial charge >= 0.3 is 0 Å². The lowest BCUT2D eigenvalue weighted by molar-refractivity contribution is 0.0953. The highest BCUT2D eigenvalue weighted by atomic mass is 35.5. The number of amides is 1. The average molecular weight is 395 g/mol. The number of aromatic nitrogens is 3. The van der Waals surface area contributed by atoms with Crippen molar-refractivity contribution < 1.29 is 9.18 Å². The Balaban J connectivity index is 1.50. The molecule has 0 bridgehead atoms. The summed E-state index contributed by atoms with van der Waals surface area (Å²) >= 11 is 5.94.